The molecule has 0 aliphatic carbocycles. The highest BCUT2D eigenvalue weighted by atomic mass is 79.9. The lowest BCUT2D eigenvalue weighted by Crippen LogP contribution is -2.29. The van der Waals surface area contributed by atoms with Crippen molar-refractivity contribution in [3.63, 3.8) is 0 Å². The smallest absolute Gasteiger partial charge is 0.211 e. The van der Waals surface area contributed by atoms with Gasteiger partial charge in [-0.15, -0.1) is 0 Å². The van der Waals surface area contributed by atoms with Gasteiger partial charge in [-0.1, -0.05) is 28.1 Å². The van der Waals surface area contributed by atoms with Crippen molar-refractivity contribution in [1.29, 1.82) is 0 Å². The molecule has 1 aromatic carbocycles. The third kappa shape index (κ3) is 4.59. The summed E-state index contributed by atoms with van der Waals surface area (Å²) in [6, 6.07) is 9.83. The predicted molar refractivity (Wildman–Crippen MR) is 82.4 cm³/mol. The minimum atomic E-state index is -3.47. The number of nitrogens with zero attached hydrogens (tertiary/aromatic N) is 2. The number of aromatic nitrogens is 1. The summed E-state index contributed by atoms with van der Waals surface area (Å²) in [4.78, 5) is 4.10. The van der Waals surface area contributed by atoms with Gasteiger partial charge in [-0.3, -0.25) is 4.98 Å². The van der Waals surface area contributed by atoms with E-state index in [-0.39, 0.29) is 13.1 Å². The van der Waals surface area contributed by atoms with Gasteiger partial charge in [0.2, 0.25) is 10.0 Å². The van der Waals surface area contributed by atoms with Crippen molar-refractivity contribution in [2.75, 3.05) is 6.26 Å². The van der Waals surface area contributed by atoms with E-state index in [0.29, 0.717) is 15.7 Å². The second-order valence-electron chi connectivity index (χ2n) is 4.59. The summed E-state index contributed by atoms with van der Waals surface area (Å²) in [5.41, 5.74) is 0.931. The molecule has 0 atom stereocenters. The molecule has 0 N–H and O–H groups in total. The Balaban J connectivity index is 2.25. The molecular weight excluding hydrogens is 359 g/mol. The van der Waals surface area contributed by atoms with Crippen molar-refractivity contribution >= 4 is 26.0 Å². The first-order valence-electron chi connectivity index (χ1n) is 6.15. The minimum absolute atomic E-state index is 0.0332. The molecule has 0 saturated heterocycles. The van der Waals surface area contributed by atoms with Gasteiger partial charge in [0.15, 0.2) is 0 Å². The van der Waals surface area contributed by atoms with Crippen LogP contribution in [0.5, 0.6) is 0 Å². The topological polar surface area (TPSA) is 50.3 Å². The molecule has 0 amide bonds. The molecule has 0 saturated carbocycles. The van der Waals surface area contributed by atoms with E-state index >= 15 is 0 Å². The summed E-state index contributed by atoms with van der Waals surface area (Å²) < 4.78 is 39.4. The van der Waals surface area contributed by atoms with Gasteiger partial charge in [0, 0.05) is 22.8 Å². The number of sulfonamides is 1. The maximum atomic E-state index is 13.9. The lowest BCUT2D eigenvalue weighted by molar-refractivity contribution is 0.393. The van der Waals surface area contributed by atoms with Crippen LogP contribution in [0.2, 0.25) is 0 Å². The van der Waals surface area contributed by atoms with E-state index in [9.17, 15) is 12.8 Å². The molecule has 0 fully saturated rings. The van der Waals surface area contributed by atoms with Crippen LogP contribution < -0.4 is 0 Å². The standard InChI is InChI=1S/C14H14BrFN2O2S/c1-21(19,20)18(10-13-4-2-3-7-17-13)9-11-5-6-12(15)8-14(11)16/h2-8H,9-10H2,1H3. The lowest BCUT2D eigenvalue weighted by atomic mass is 10.2. The van der Waals surface area contributed by atoms with E-state index < -0.39 is 15.8 Å². The van der Waals surface area contributed by atoms with Gasteiger partial charge >= 0.3 is 0 Å². The molecule has 21 heavy (non-hydrogen) atoms. The Bertz CT molecular complexity index is 723. The zero-order valence-electron chi connectivity index (χ0n) is 11.3. The van der Waals surface area contributed by atoms with Crippen LogP contribution in [0.4, 0.5) is 4.39 Å². The predicted octanol–water partition coefficient (Wildman–Crippen LogP) is 2.95. The van der Waals surface area contributed by atoms with Gasteiger partial charge in [-0.2, -0.15) is 4.31 Å². The van der Waals surface area contributed by atoms with Gasteiger partial charge in [0.1, 0.15) is 5.82 Å². The van der Waals surface area contributed by atoms with E-state index in [1.807, 2.05) is 0 Å². The molecule has 0 aliphatic rings. The SMILES string of the molecule is CS(=O)(=O)N(Cc1ccccn1)Cc1ccc(Br)cc1F. The fourth-order valence-electron chi connectivity index (χ4n) is 1.80. The molecule has 2 rings (SSSR count). The van der Waals surface area contributed by atoms with E-state index in [2.05, 4.69) is 20.9 Å². The second kappa shape index (κ2) is 6.64. The molecular formula is C14H14BrFN2O2S. The van der Waals surface area contributed by atoms with Crippen LogP contribution in [-0.4, -0.2) is 24.0 Å². The van der Waals surface area contributed by atoms with Gasteiger partial charge < -0.3 is 0 Å². The van der Waals surface area contributed by atoms with Crippen LogP contribution in [0.3, 0.4) is 0 Å². The van der Waals surface area contributed by atoms with Crippen molar-refractivity contribution in [2.45, 2.75) is 13.1 Å². The Morgan fingerprint density at radius 2 is 2.00 bits per heavy atom. The largest absolute Gasteiger partial charge is 0.260 e. The Kier molecular flexibility index (Phi) is 5.08. The van der Waals surface area contributed by atoms with E-state index in [0.717, 1.165) is 6.26 Å². The van der Waals surface area contributed by atoms with E-state index in [1.54, 1.807) is 36.5 Å². The zero-order valence-corrected chi connectivity index (χ0v) is 13.7. The average molecular weight is 373 g/mol. The quantitative estimate of drug-likeness (QED) is 0.810. The highest BCUT2D eigenvalue weighted by Gasteiger charge is 2.19. The first-order chi connectivity index (χ1) is 9.86. The zero-order chi connectivity index (χ0) is 15.5. The van der Waals surface area contributed by atoms with Crippen LogP contribution in [0, 0.1) is 5.82 Å². The van der Waals surface area contributed by atoms with E-state index in [1.165, 1.54) is 10.4 Å². The number of hydrogen-bond acceptors (Lipinski definition) is 3. The maximum Gasteiger partial charge on any atom is 0.211 e. The van der Waals surface area contributed by atoms with Crippen molar-refractivity contribution in [2.24, 2.45) is 0 Å². The van der Waals surface area contributed by atoms with Crippen molar-refractivity contribution in [3.05, 3.63) is 64.1 Å². The van der Waals surface area contributed by atoms with Crippen LogP contribution in [-0.2, 0) is 23.1 Å². The fraction of sp³-hybridized carbons (Fsp3) is 0.214. The molecule has 2 aromatic rings. The first kappa shape index (κ1) is 16.1. The van der Waals surface area contributed by atoms with Gasteiger partial charge in [-0.05, 0) is 24.3 Å². The Hall–Kier alpha value is -1.31. The number of hydrogen-bond donors (Lipinski definition) is 0. The van der Waals surface area contributed by atoms with Gasteiger partial charge in [0.25, 0.3) is 0 Å². The van der Waals surface area contributed by atoms with Crippen LogP contribution >= 0.6 is 15.9 Å². The highest BCUT2D eigenvalue weighted by molar-refractivity contribution is 9.10. The van der Waals surface area contributed by atoms with Gasteiger partial charge in [-0.25, -0.2) is 12.8 Å². The summed E-state index contributed by atoms with van der Waals surface area (Å²) in [6.45, 7) is 0.0731. The third-order valence-corrected chi connectivity index (χ3v) is 4.58. The number of halogens is 2. The fourth-order valence-corrected chi connectivity index (χ4v) is 2.88. The Morgan fingerprint density at radius 3 is 2.57 bits per heavy atom. The summed E-state index contributed by atoms with van der Waals surface area (Å²) in [5, 5.41) is 0. The van der Waals surface area contributed by atoms with Gasteiger partial charge in [0.05, 0.1) is 18.5 Å². The second-order valence-corrected chi connectivity index (χ2v) is 7.49. The molecule has 112 valence electrons. The molecule has 1 aromatic heterocycles. The average Bonchev–Trinajstić information content (AvgIpc) is 2.41. The normalized spacial score (nSPS) is 11.8. The summed E-state index contributed by atoms with van der Waals surface area (Å²) in [7, 11) is -3.47. The van der Waals surface area contributed by atoms with Crippen molar-refractivity contribution in [3.8, 4) is 0 Å². The first-order valence-corrected chi connectivity index (χ1v) is 8.79. The summed E-state index contributed by atoms with van der Waals surface area (Å²) in [6.07, 6.45) is 2.70. The Morgan fingerprint density at radius 1 is 1.24 bits per heavy atom. The van der Waals surface area contributed by atoms with Crippen molar-refractivity contribution in [1.82, 2.24) is 9.29 Å². The van der Waals surface area contributed by atoms with Crippen LogP contribution in [0.15, 0.2) is 47.1 Å². The molecule has 0 unspecified atom stereocenters. The Labute approximate surface area is 131 Å². The van der Waals surface area contributed by atoms with E-state index in [4.69, 9.17) is 0 Å². The van der Waals surface area contributed by atoms with Crippen LogP contribution in [0.1, 0.15) is 11.3 Å². The highest BCUT2D eigenvalue weighted by Crippen LogP contribution is 2.19. The summed E-state index contributed by atoms with van der Waals surface area (Å²) >= 11 is 3.17. The van der Waals surface area contributed by atoms with Crippen molar-refractivity contribution < 1.29 is 12.8 Å². The molecule has 0 bridgehead atoms. The molecule has 4 nitrogen and oxygen atoms in total. The molecule has 1 heterocycles. The minimum Gasteiger partial charge on any atom is -0.260 e. The molecule has 7 heteroatoms. The molecule has 0 spiro atoms. The monoisotopic (exact) mass is 372 g/mol. The lowest BCUT2D eigenvalue weighted by Gasteiger charge is -2.20. The molecule has 0 aliphatic heterocycles. The third-order valence-electron chi connectivity index (χ3n) is 2.90. The maximum absolute atomic E-state index is 13.9. The number of rotatable bonds is 5. The number of benzene rings is 1. The summed E-state index contributed by atoms with van der Waals surface area (Å²) in [5.74, 6) is -0.445. The van der Waals surface area contributed by atoms with Crippen LogP contribution in [0.25, 0.3) is 0 Å². The number of pyridine rings is 1. The molecule has 0 radical (unpaired) electrons.